The number of rotatable bonds is 12. The molecule has 1 aromatic heterocycles. The first kappa shape index (κ1) is 31.3. The number of oxime groups is 1. The van der Waals surface area contributed by atoms with E-state index in [1.165, 1.54) is 0 Å². The zero-order valence-corrected chi connectivity index (χ0v) is 25.0. The Balaban J connectivity index is 1.51. The Morgan fingerprint density at radius 3 is 2.48 bits per heavy atom. The van der Waals surface area contributed by atoms with E-state index in [9.17, 15) is 19.6 Å². The van der Waals surface area contributed by atoms with Gasteiger partial charge in [0.15, 0.2) is 0 Å². The van der Waals surface area contributed by atoms with E-state index in [-0.39, 0.29) is 37.3 Å². The van der Waals surface area contributed by atoms with Gasteiger partial charge in [-0.3, -0.25) is 14.3 Å². The minimum Gasteiger partial charge on any atom is -0.426 e. The molecule has 1 aliphatic heterocycles. The van der Waals surface area contributed by atoms with Crippen molar-refractivity contribution in [2.75, 3.05) is 6.54 Å². The van der Waals surface area contributed by atoms with Crippen molar-refractivity contribution < 1.29 is 24.5 Å². The maximum atomic E-state index is 13.7. The lowest BCUT2D eigenvalue weighted by molar-refractivity contribution is -0.144. The van der Waals surface area contributed by atoms with Crippen LogP contribution in [0.25, 0.3) is 11.3 Å². The van der Waals surface area contributed by atoms with Crippen LogP contribution in [0.1, 0.15) is 62.6 Å². The molecule has 0 spiro atoms. The van der Waals surface area contributed by atoms with Gasteiger partial charge in [0.2, 0.25) is 5.60 Å². The molecule has 0 bridgehead atoms. The summed E-state index contributed by atoms with van der Waals surface area (Å²) in [6, 6.07) is 18.4. The van der Waals surface area contributed by atoms with Crippen LogP contribution >= 0.6 is 11.6 Å². The van der Waals surface area contributed by atoms with Crippen LogP contribution in [0.5, 0.6) is 0 Å². The van der Waals surface area contributed by atoms with Crippen molar-refractivity contribution in [3.8, 4) is 11.3 Å². The van der Waals surface area contributed by atoms with Gasteiger partial charge in [-0.05, 0) is 49.9 Å². The van der Waals surface area contributed by atoms with Crippen LogP contribution in [0.2, 0.25) is 5.02 Å². The third-order valence-corrected chi connectivity index (χ3v) is 7.25. The standard InChI is InChI=1S/C30H37BClN5O5/c1-19(2)13-27(31(40)41)34-29(39)30(16-21-9-8-12-23(32)14-21)17-24(36-42-30)18-33-28(38)26-15-25(35-37(26)20(3)4)22-10-6-5-7-11-22/h5-12,14-15,19-20,27,40-41H,13,16-18H2,1-4H3,(H,33,38)(H,34,39). The number of halogens is 1. The number of nitrogens with one attached hydrogen (secondary N) is 2. The van der Waals surface area contributed by atoms with Gasteiger partial charge in [0.1, 0.15) is 5.69 Å². The van der Waals surface area contributed by atoms with E-state index in [4.69, 9.17) is 16.4 Å². The third kappa shape index (κ3) is 7.59. The number of hydrogen-bond donors (Lipinski definition) is 4. The predicted molar refractivity (Wildman–Crippen MR) is 163 cm³/mol. The number of carbonyl (C=O) groups excluding carboxylic acids is 2. The minimum absolute atomic E-state index is 0.0470. The normalized spacial score (nSPS) is 17.1. The smallest absolute Gasteiger partial charge is 0.426 e. The summed E-state index contributed by atoms with van der Waals surface area (Å²) in [5.41, 5.74) is 1.74. The molecule has 222 valence electrons. The Morgan fingerprint density at radius 1 is 1.10 bits per heavy atom. The highest BCUT2D eigenvalue weighted by atomic mass is 35.5. The van der Waals surface area contributed by atoms with Gasteiger partial charge in [-0.2, -0.15) is 5.10 Å². The second kappa shape index (κ2) is 13.5. The SMILES string of the molecule is CC(C)CC(NC(=O)C1(Cc2cccc(Cl)c2)CC(CNC(=O)c2cc(-c3ccccc3)nn2C(C)C)=NO1)B(O)O. The van der Waals surface area contributed by atoms with Gasteiger partial charge < -0.3 is 25.5 Å². The number of aromatic nitrogens is 2. The number of carbonyl (C=O) groups is 2. The molecular formula is C30H37BClN5O5. The van der Waals surface area contributed by atoms with E-state index in [0.29, 0.717) is 28.5 Å². The lowest BCUT2D eigenvalue weighted by Gasteiger charge is -2.29. The Hall–Kier alpha value is -3.67. The van der Waals surface area contributed by atoms with Crippen molar-refractivity contribution in [2.24, 2.45) is 11.1 Å². The molecule has 2 aromatic carbocycles. The van der Waals surface area contributed by atoms with Crippen molar-refractivity contribution in [2.45, 2.75) is 64.5 Å². The van der Waals surface area contributed by atoms with E-state index >= 15 is 0 Å². The fraction of sp³-hybridized carbons (Fsp3) is 0.400. The topological polar surface area (TPSA) is 138 Å². The number of nitrogens with zero attached hydrogens (tertiary/aromatic N) is 3. The van der Waals surface area contributed by atoms with E-state index < -0.39 is 24.6 Å². The van der Waals surface area contributed by atoms with Gasteiger partial charge in [0, 0.05) is 29.5 Å². The van der Waals surface area contributed by atoms with Crippen molar-refractivity contribution in [1.29, 1.82) is 0 Å². The van der Waals surface area contributed by atoms with E-state index in [2.05, 4.69) is 20.9 Å². The summed E-state index contributed by atoms with van der Waals surface area (Å²) in [5, 5.41) is 34.8. The molecule has 0 fully saturated rings. The number of amides is 2. The Morgan fingerprint density at radius 2 is 1.83 bits per heavy atom. The molecular weight excluding hydrogens is 557 g/mol. The summed E-state index contributed by atoms with van der Waals surface area (Å²) >= 11 is 6.19. The molecule has 12 heteroatoms. The van der Waals surface area contributed by atoms with Crippen LogP contribution in [-0.2, 0) is 16.1 Å². The average Bonchev–Trinajstić information content (AvgIpc) is 3.57. The molecule has 0 radical (unpaired) electrons. The largest absolute Gasteiger partial charge is 0.475 e. The zero-order valence-electron chi connectivity index (χ0n) is 24.3. The van der Waals surface area contributed by atoms with Crippen molar-refractivity contribution in [1.82, 2.24) is 20.4 Å². The Kier molecular flexibility index (Phi) is 10.1. The van der Waals surface area contributed by atoms with Crippen LogP contribution in [0.15, 0.2) is 65.8 Å². The lowest BCUT2D eigenvalue weighted by atomic mass is 9.74. The van der Waals surface area contributed by atoms with Crippen LogP contribution in [-0.4, -0.2) is 62.6 Å². The van der Waals surface area contributed by atoms with Gasteiger partial charge in [-0.1, -0.05) is 73.1 Å². The molecule has 2 heterocycles. The summed E-state index contributed by atoms with van der Waals surface area (Å²) in [5.74, 6) is -1.65. The summed E-state index contributed by atoms with van der Waals surface area (Å²) in [6.07, 6.45) is 0.575. The van der Waals surface area contributed by atoms with Gasteiger partial charge in [-0.15, -0.1) is 0 Å². The Bertz CT molecular complexity index is 1430. The van der Waals surface area contributed by atoms with Gasteiger partial charge >= 0.3 is 7.12 Å². The third-order valence-electron chi connectivity index (χ3n) is 7.01. The second-order valence-electron chi connectivity index (χ2n) is 11.4. The van der Waals surface area contributed by atoms with Gasteiger partial charge in [0.25, 0.3) is 11.8 Å². The fourth-order valence-electron chi connectivity index (χ4n) is 4.96. The zero-order chi connectivity index (χ0) is 30.4. The maximum Gasteiger partial charge on any atom is 0.475 e. The van der Waals surface area contributed by atoms with Crippen LogP contribution in [0.4, 0.5) is 0 Å². The average molecular weight is 594 g/mol. The molecule has 0 saturated heterocycles. The molecule has 42 heavy (non-hydrogen) atoms. The van der Waals surface area contributed by atoms with Crippen LogP contribution in [0, 0.1) is 5.92 Å². The number of hydrogen-bond acceptors (Lipinski definition) is 7. The van der Waals surface area contributed by atoms with Gasteiger partial charge in [0.05, 0.1) is 23.9 Å². The summed E-state index contributed by atoms with van der Waals surface area (Å²) < 4.78 is 1.68. The first-order valence-corrected chi connectivity index (χ1v) is 14.4. The summed E-state index contributed by atoms with van der Waals surface area (Å²) in [6.45, 7) is 7.80. The predicted octanol–water partition coefficient (Wildman–Crippen LogP) is 3.81. The van der Waals surface area contributed by atoms with E-state index in [0.717, 1.165) is 11.1 Å². The van der Waals surface area contributed by atoms with E-state index in [1.807, 2.05) is 64.1 Å². The fourth-order valence-corrected chi connectivity index (χ4v) is 5.17. The monoisotopic (exact) mass is 593 g/mol. The molecule has 2 amide bonds. The molecule has 4 N–H and O–H groups in total. The summed E-state index contributed by atoms with van der Waals surface area (Å²) in [7, 11) is -1.74. The van der Waals surface area contributed by atoms with Crippen LogP contribution in [0.3, 0.4) is 0 Å². The molecule has 2 atom stereocenters. The molecule has 10 nitrogen and oxygen atoms in total. The second-order valence-corrected chi connectivity index (χ2v) is 11.8. The van der Waals surface area contributed by atoms with Crippen molar-refractivity contribution in [3.05, 3.63) is 76.9 Å². The molecule has 3 aromatic rings. The van der Waals surface area contributed by atoms with Gasteiger partial charge in [-0.25, -0.2) is 0 Å². The molecule has 2 unspecified atom stereocenters. The first-order chi connectivity index (χ1) is 20.0. The minimum atomic E-state index is -1.74. The number of benzene rings is 2. The first-order valence-electron chi connectivity index (χ1n) is 14.1. The quantitative estimate of drug-likeness (QED) is 0.236. The van der Waals surface area contributed by atoms with E-state index in [1.54, 1.807) is 28.9 Å². The highest BCUT2D eigenvalue weighted by Gasteiger charge is 2.48. The molecule has 1 aliphatic rings. The van der Waals surface area contributed by atoms with Crippen molar-refractivity contribution >= 4 is 36.2 Å². The summed E-state index contributed by atoms with van der Waals surface area (Å²) in [4.78, 5) is 32.8. The van der Waals surface area contributed by atoms with Crippen molar-refractivity contribution in [3.63, 3.8) is 0 Å². The molecule has 0 aliphatic carbocycles. The lowest BCUT2D eigenvalue weighted by Crippen LogP contribution is -2.56. The highest BCUT2D eigenvalue weighted by molar-refractivity contribution is 6.43. The Labute approximate surface area is 251 Å². The van der Waals surface area contributed by atoms with Crippen LogP contribution < -0.4 is 10.6 Å². The molecule has 4 rings (SSSR count). The highest BCUT2D eigenvalue weighted by Crippen LogP contribution is 2.30. The molecule has 0 saturated carbocycles. The maximum absolute atomic E-state index is 13.7.